The van der Waals surface area contributed by atoms with Crippen LogP contribution in [0, 0.1) is 5.92 Å². The first-order valence-electron chi connectivity index (χ1n) is 13.6. The molecule has 0 aromatic carbocycles. The zero-order valence-corrected chi connectivity index (χ0v) is 21.0. The Bertz CT molecular complexity index is 458. The fraction of sp³-hybridized carbons (Fsp3) is 0.857. The van der Waals surface area contributed by atoms with Crippen LogP contribution in [0.3, 0.4) is 0 Å². The Morgan fingerprint density at radius 1 is 0.594 bits per heavy atom. The number of aliphatic carboxylic acids is 2. The molecule has 0 aliphatic carbocycles. The maximum absolute atomic E-state index is 11.1. The number of hydrogen-bond donors (Lipinski definition) is 2. The van der Waals surface area contributed by atoms with Gasteiger partial charge in [-0.1, -0.05) is 103 Å². The molecule has 4 nitrogen and oxygen atoms in total. The molecule has 0 aliphatic rings. The van der Waals surface area contributed by atoms with Crippen molar-refractivity contribution < 1.29 is 19.8 Å². The van der Waals surface area contributed by atoms with Crippen molar-refractivity contribution >= 4 is 11.9 Å². The topological polar surface area (TPSA) is 74.6 Å². The first-order chi connectivity index (χ1) is 15.6. The maximum atomic E-state index is 11.1. The molecular weight excluding hydrogens is 400 g/mol. The molecule has 1 unspecified atom stereocenters. The van der Waals surface area contributed by atoms with E-state index in [2.05, 4.69) is 19.1 Å². The van der Waals surface area contributed by atoms with Crippen molar-refractivity contribution in [3.63, 3.8) is 0 Å². The summed E-state index contributed by atoms with van der Waals surface area (Å²) in [4.78, 5) is 21.6. The van der Waals surface area contributed by atoms with Gasteiger partial charge in [-0.15, -0.1) is 0 Å². The molecule has 0 aromatic heterocycles. The van der Waals surface area contributed by atoms with Gasteiger partial charge in [0.15, 0.2) is 0 Å². The molecule has 0 aliphatic heterocycles. The molecule has 0 rings (SSSR count). The Kier molecular flexibility index (Phi) is 23.3. The van der Waals surface area contributed by atoms with E-state index in [0.29, 0.717) is 6.42 Å². The van der Waals surface area contributed by atoms with Crippen molar-refractivity contribution in [2.45, 2.75) is 148 Å². The van der Waals surface area contributed by atoms with E-state index >= 15 is 0 Å². The Morgan fingerprint density at radius 2 is 1.03 bits per heavy atom. The monoisotopic (exact) mass is 452 g/mol. The fourth-order valence-electron chi connectivity index (χ4n) is 4.34. The van der Waals surface area contributed by atoms with Gasteiger partial charge in [0.25, 0.3) is 0 Å². The average molecular weight is 453 g/mol. The molecule has 188 valence electrons. The number of rotatable bonds is 25. The quantitative estimate of drug-likeness (QED) is 0.107. The Balaban J connectivity index is 3.51. The second-order valence-electron chi connectivity index (χ2n) is 9.54. The normalized spacial score (nSPS) is 12.4. The summed E-state index contributed by atoms with van der Waals surface area (Å²) in [5, 5.41) is 17.8. The zero-order valence-electron chi connectivity index (χ0n) is 21.0. The van der Waals surface area contributed by atoms with Crippen LogP contribution in [0.25, 0.3) is 0 Å². The highest BCUT2D eigenvalue weighted by molar-refractivity contribution is 5.67. The molecule has 32 heavy (non-hydrogen) atoms. The van der Waals surface area contributed by atoms with Gasteiger partial charge in [-0.2, -0.15) is 0 Å². The van der Waals surface area contributed by atoms with Crippen molar-refractivity contribution in [1.82, 2.24) is 0 Å². The van der Waals surface area contributed by atoms with Gasteiger partial charge >= 0.3 is 11.9 Å². The van der Waals surface area contributed by atoms with Crippen LogP contribution in [-0.2, 0) is 9.59 Å². The lowest BCUT2D eigenvalue weighted by Gasteiger charge is -2.14. The second kappa shape index (κ2) is 24.3. The maximum Gasteiger partial charge on any atom is 0.303 e. The number of unbranched alkanes of at least 4 members (excludes halogenated alkanes) is 15. The minimum atomic E-state index is -0.743. The number of hydrogen-bond acceptors (Lipinski definition) is 2. The first-order valence-corrected chi connectivity index (χ1v) is 13.6. The molecule has 0 amide bonds. The summed E-state index contributed by atoms with van der Waals surface area (Å²) < 4.78 is 0. The zero-order chi connectivity index (χ0) is 23.7. The lowest BCUT2D eigenvalue weighted by Crippen LogP contribution is -2.08. The molecule has 0 aromatic rings. The third kappa shape index (κ3) is 24.9. The Hall–Kier alpha value is -1.32. The molecule has 1 atom stereocenters. The lowest BCUT2D eigenvalue weighted by molar-refractivity contribution is -0.138. The number of allylic oxidation sites excluding steroid dienone is 2. The van der Waals surface area contributed by atoms with E-state index in [9.17, 15) is 9.59 Å². The minimum Gasteiger partial charge on any atom is -0.481 e. The van der Waals surface area contributed by atoms with E-state index < -0.39 is 11.9 Å². The SMILES string of the molecule is CCCCCCCCC=CCCCCCCCCCC(CCCCCC(=O)O)CC(=O)O. The molecule has 0 saturated heterocycles. The van der Waals surface area contributed by atoms with Gasteiger partial charge < -0.3 is 10.2 Å². The van der Waals surface area contributed by atoms with E-state index in [-0.39, 0.29) is 18.8 Å². The van der Waals surface area contributed by atoms with Gasteiger partial charge in [-0.3, -0.25) is 9.59 Å². The second-order valence-corrected chi connectivity index (χ2v) is 9.54. The predicted octanol–water partition coefficient (Wildman–Crippen LogP) is 8.93. The van der Waals surface area contributed by atoms with Crippen molar-refractivity contribution in [2.24, 2.45) is 5.92 Å². The van der Waals surface area contributed by atoms with Crippen molar-refractivity contribution in [1.29, 1.82) is 0 Å². The van der Waals surface area contributed by atoms with E-state index in [1.54, 1.807) is 0 Å². The van der Waals surface area contributed by atoms with Crippen LogP contribution < -0.4 is 0 Å². The van der Waals surface area contributed by atoms with Crippen LogP contribution in [0.2, 0.25) is 0 Å². The summed E-state index contributed by atoms with van der Waals surface area (Å²) in [6.07, 6.45) is 29.2. The fourth-order valence-corrected chi connectivity index (χ4v) is 4.34. The first kappa shape index (κ1) is 30.7. The highest BCUT2D eigenvalue weighted by atomic mass is 16.4. The van der Waals surface area contributed by atoms with Crippen LogP contribution in [-0.4, -0.2) is 22.2 Å². The molecule has 2 N–H and O–H groups in total. The number of carboxylic acid groups (broad SMARTS) is 2. The third-order valence-electron chi connectivity index (χ3n) is 6.34. The van der Waals surface area contributed by atoms with Crippen molar-refractivity contribution in [3.05, 3.63) is 12.2 Å². The summed E-state index contributed by atoms with van der Waals surface area (Å²) in [7, 11) is 0. The van der Waals surface area contributed by atoms with Crippen LogP contribution in [0.4, 0.5) is 0 Å². The van der Waals surface area contributed by atoms with Crippen LogP contribution in [0.5, 0.6) is 0 Å². The molecular formula is C28H52O4. The smallest absolute Gasteiger partial charge is 0.303 e. The number of carboxylic acids is 2. The van der Waals surface area contributed by atoms with Gasteiger partial charge in [-0.05, 0) is 50.9 Å². The molecule has 0 fully saturated rings. The largest absolute Gasteiger partial charge is 0.481 e. The van der Waals surface area contributed by atoms with Crippen LogP contribution in [0.1, 0.15) is 148 Å². The highest BCUT2D eigenvalue weighted by Crippen LogP contribution is 2.22. The van der Waals surface area contributed by atoms with Crippen molar-refractivity contribution in [2.75, 3.05) is 0 Å². The molecule has 4 heteroatoms. The molecule has 0 radical (unpaired) electrons. The summed E-state index contributed by atoms with van der Waals surface area (Å²) in [6, 6.07) is 0. The molecule has 0 saturated carbocycles. The van der Waals surface area contributed by atoms with Gasteiger partial charge in [0, 0.05) is 12.8 Å². The van der Waals surface area contributed by atoms with Crippen LogP contribution in [0.15, 0.2) is 12.2 Å². The molecule has 0 heterocycles. The van der Waals surface area contributed by atoms with Gasteiger partial charge in [-0.25, -0.2) is 0 Å². The third-order valence-corrected chi connectivity index (χ3v) is 6.34. The lowest BCUT2D eigenvalue weighted by atomic mass is 9.91. The van der Waals surface area contributed by atoms with E-state index in [1.807, 2.05) is 0 Å². The van der Waals surface area contributed by atoms with E-state index in [4.69, 9.17) is 10.2 Å². The molecule has 0 spiro atoms. The van der Waals surface area contributed by atoms with E-state index in [1.165, 1.54) is 89.9 Å². The Labute approximate surface area is 198 Å². The van der Waals surface area contributed by atoms with Gasteiger partial charge in [0.1, 0.15) is 0 Å². The Morgan fingerprint density at radius 3 is 1.50 bits per heavy atom. The van der Waals surface area contributed by atoms with Crippen LogP contribution >= 0.6 is 0 Å². The van der Waals surface area contributed by atoms with Gasteiger partial charge in [0.05, 0.1) is 0 Å². The molecule has 0 bridgehead atoms. The van der Waals surface area contributed by atoms with Gasteiger partial charge in [0.2, 0.25) is 0 Å². The summed E-state index contributed by atoms with van der Waals surface area (Å²) in [5.74, 6) is -1.20. The predicted molar refractivity (Wildman–Crippen MR) is 135 cm³/mol. The summed E-state index contributed by atoms with van der Waals surface area (Å²) >= 11 is 0. The van der Waals surface area contributed by atoms with E-state index in [0.717, 1.165) is 32.1 Å². The standard InChI is InChI=1S/C28H52O4/c1-2-3-4-5-6-7-8-9-10-11-12-13-14-15-16-17-19-22-26(25-28(31)32)23-20-18-21-24-27(29)30/h9-10,26H,2-8,11-25H2,1H3,(H,29,30)(H,31,32). The highest BCUT2D eigenvalue weighted by Gasteiger charge is 2.13. The summed E-state index contributed by atoms with van der Waals surface area (Å²) in [6.45, 7) is 2.27. The number of carbonyl (C=O) groups is 2. The summed E-state index contributed by atoms with van der Waals surface area (Å²) in [5.41, 5.74) is 0. The van der Waals surface area contributed by atoms with Crippen molar-refractivity contribution in [3.8, 4) is 0 Å². The average Bonchev–Trinajstić information content (AvgIpc) is 2.74. The minimum absolute atomic E-state index is 0.221.